The molecule has 0 aromatic heterocycles. The molecule has 0 spiro atoms. The first-order valence-electron chi connectivity index (χ1n) is 6.09. The predicted octanol–water partition coefficient (Wildman–Crippen LogP) is 2.17. The van der Waals surface area contributed by atoms with Crippen molar-refractivity contribution < 1.29 is 32.2 Å². The van der Waals surface area contributed by atoms with Crippen LogP contribution >= 0.6 is 0 Å². The largest absolute Gasteiger partial charge is 0.482 e. The molecule has 0 aliphatic carbocycles. The van der Waals surface area contributed by atoms with E-state index in [-0.39, 0.29) is 36.9 Å². The molecule has 0 saturated carbocycles. The van der Waals surface area contributed by atoms with E-state index in [0.29, 0.717) is 11.4 Å². The number of carbonyl (C=O) groups excluding carboxylic acids is 2. The second-order valence-corrected chi connectivity index (χ2v) is 4.39. The molecule has 21 heavy (non-hydrogen) atoms. The van der Waals surface area contributed by atoms with Crippen molar-refractivity contribution in [2.45, 2.75) is 12.6 Å². The zero-order valence-electron chi connectivity index (χ0n) is 10.8. The summed E-state index contributed by atoms with van der Waals surface area (Å²) in [5.74, 6) is -0.264. The molecule has 8 heteroatoms. The SMILES string of the molecule is O=C1COc2ccc(C(=O)CCOCC(F)(F)F)cc2N1. The van der Waals surface area contributed by atoms with E-state index in [4.69, 9.17) is 4.74 Å². The van der Waals surface area contributed by atoms with Gasteiger partial charge in [0, 0.05) is 12.0 Å². The number of carbonyl (C=O) groups is 2. The van der Waals surface area contributed by atoms with Crippen LogP contribution in [0.5, 0.6) is 5.75 Å². The Bertz CT molecular complexity index is 557. The zero-order chi connectivity index (χ0) is 15.5. The van der Waals surface area contributed by atoms with Crippen LogP contribution in [0.1, 0.15) is 16.8 Å². The van der Waals surface area contributed by atoms with Crippen LogP contribution in [0.25, 0.3) is 0 Å². The normalized spacial score (nSPS) is 14.1. The van der Waals surface area contributed by atoms with Gasteiger partial charge in [0.15, 0.2) is 12.4 Å². The Morgan fingerprint density at radius 3 is 2.86 bits per heavy atom. The van der Waals surface area contributed by atoms with Crippen molar-refractivity contribution in [2.75, 3.05) is 25.1 Å². The molecular weight excluding hydrogens is 291 g/mol. The van der Waals surface area contributed by atoms with E-state index in [1.54, 1.807) is 0 Å². The summed E-state index contributed by atoms with van der Waals surface area (Å²) in [6.07, 6.45) is -4.58. The molecule has 1 aromatic carbocycles. The van der Waals surface area contributed by atoms with Crippen LogP contribution in [-0.2, 0) is 9.53 Å². The number of alkyl halides is 3. The number of rotatable bonds is 5. The van der Waals surface area contributed by atoms with Gasteiger partial charge < -0.3 is 14.8 Å². The fraction of sp³-hybridized carbons (Fsp3) is 0.385. The molecule has 1 aliphatic heterocycles. The van der Waals surface area contributed by atoms with Gasteiger partial charge in [0.05, 0.1) is 12.3 Å². The number of benzene rings is 1. The molecule has 0 bridgehead atoms. The molecule has 1 aliphatic rings. The maximum absolute atomic E-state index is 11.9. The van der Waals surface area contributed by atoms with Crippen molar-refractivity contribution in [2.24, 2.45) is 0 Å². The minimum absolute atomic E-state index is 0.0917. The van der Waals surface area contributed by atoms with Crippen LogP contribution < -0.4 is 10.1 Å². The number of fused-ring (bicyclic) bond motifs is 1. The van der Waals surface area contributed by atoms with Crippen LogP contribution in [0.4, 0.5) is 18.9 Å². The van der Waals surface area contributed by atoms with E-state index in [1.807, 2.05) is 0 Å². The third-order valence-corrected chi connectivity index (χ3v) is 2.67. The first-order valence-corrected chi connectivity index (χ1v) is 6.09. The Labute approximate surface area is 118 Å². The first kappa shape index (κ1) is 15.3. The van der Waals surface area contributed by atoms with Gasteiger partial charge in [0.25, 0.3) is 5.91 Å². The number of amides is 1. The van der Waals surface area contributed by atoms with Crippen LogP contribution in [0.2, 0.25) is 0 Å². The summed E-state index contributed by atoms with van der Waals surface area (Å²) in [6.45, 7) is -1.79. The average molecular weight is 303 g/mol. The number of ether oxygens (including phenoxy) is 2. The molecule has 0 atom stereocenters. The maximum atomic E-state index is 11.9. The average Bonchev–Trinajstić information content (AvgIpc) is 2.41. The summed E-state index contributed by atoms with van der Waals surface area (Å²) >= 11 is 0. The lowest BCUT2D eigenvalue weighted by Gasteiger charge is -2.18. The van der Waals surface area contributed by atoms with E-state index < -0.39 is 12.8 Å². The molecule has 1 amide bonds. The minimum atomic E-state index is -4.41. The summed E-state index contributed by atoms with van der Waals surface area (Å²) in [7, 11) is 0. The number of anilines is 1. The Kier molecular flexibility index (Phi) is 4.46. The Morgan fingerprint density at radius 2 is 2.14 bits per heavy atom. The predicted molar refractivity (Wildman–Crippen MR) is 66.4 cm³/mol. The van der Waals surface area contributed by atoms with Gasteiger partial charge >= 0.3 is 6.18 Å². The molecule has 0 radical (unpaired) electrons. The first-order chi connectivity index (χ1) is 9.85. The van der Waals surface area contributed by atoms with Crippen molar-refractivity contribution in [3.63, 3.8) is 0 Å². The standard InChI is InChI=1S/C13H12F3NO4/c14-13(15,16)7-20-4-3-10(18)8-1-2-11-9(5-8)17-12(19)6-21-11/h1-2,5H,3-4,6-7H2,(H,17,19). The lowest BCUT2D eigenvalue weighted by molar-refractivity contribution is -0.173. The fourth-order valence-electron chi connectivity index (χ4n) is 1.75. The maximum Gasteiger partial charge on any atom is 0.411 e. The van der Waals surface area contributed by atoms with Gasteiger partial charge in [-0.05, 0) is 18.2 Å². The highest BCUT2D eigenvalue weighted by atomic mass is 19.4. The molecule has 1 N–H and O–H groups in total. The second-order valence-electron chi connectivity index (χ2n) is 4.39. The second kappa shape index (κ2) is 6.13. The van der Waals surface area contributed by atoms with Crippen molar-refractivity contribution in [1.82, 2.24) is 0 Å². The number of halogens is 3. The molecule has 2 rings (SSSR count). The highest BCUT2D eigenvalue weighted by Gasteiger charge is 2.27. The molecule has 1 heterocycles. The van der Waals surface area contributed by atoms with Crippen LogP contribution in [0, 0.1) is 0 Å². The van der Waals surface area contributed by atoms with E-state index >= 15 is 0 Å². The number of nitrogens with one attached hydrogen (secondary N) is 1. The highest BCUT2D eigenvalue weighted by Crippen LogP contribution is 2.28. The van der Waals surface area contributed by atoms with Crippen LogP contribution in [-0.4, -0.2) is 37.7 Å². The summed E-state index contributed by atoms with van der Waals surface area (Å²) in [5, 5.41) is 2.55. The quantitative estimate of drug-likeness (QED) is 0.669. The summed E-state index contributed by atoms with van der Waals surface area (Å²) in [4.78, 5) is 23.0. The highest BCUT2D eigenvalue weighted by molar-refractivity contribution is 6.00. The third-order valence-electron chi connectivity index (χ3n) is 2.67. The van der Waals surface area contributed by atoms with E-state index in [0.717, 1.165) is 0 Å². The topological polar surface area (TPSA) is 64.6 Å². The lowest BCUT2D eigenvalue weighted by Crippen LogP contribution is -2.25. The van der Waals surface area contributed by atoms with E-state index in [2.05, 4.69) is 10.1 Å². The minimum Gasteiger partial charge on any atom is -0.482 e. The van der Waals surface area contributed by atoms with E-state index in [9.17, 15) is 22.8 Å². The van der Waals surface area contributed by atoms with Gasteiger partial charge in [-0.2, -0.15) is 13.2 Å². The van der Waals surface area contributed by atoms with Crippen molar-refractivity contribution in [3.05, 3.63) is 23.8 Å². The van der Waals surface area contributed by atoms with Crippen LogP contribution in [0.3, 0.4) is 0 Å². The molecule has 0 saturated heterocycles. The number of hydrogen-bond acceptors (Lipinski definition) is 4. The Morgan fingerprint density at radius 1 is 1.38 bits per heavy atom. The Balaban J connectivity index is 1.91. The molecule has 0 unspecified atom stereocenters. The molecule has 5 nitrogen and oxygen atoms in total. The fourth-order valence-corrected chi connectivity index (χ4v) is 1.75. The summed E-state index contributed by atoms with van der Waals surface area (Å²) < 4.78 is 45.1. The van der Waals surface area contributed by atoms with Gasteiger partial charge in [0.2, 0.25) is 0 Å². The molecule has 114 valence electrons. The van der Waals surface area contributed by atoms with Gasteiger partial charge in [-0.25, -0.2) is 0 Å². The summed E-state index contributed by atoms with van der Waals surface area (Å²) in [5.41, 5.74) is 0.642. The van der Waals surface area contributed by atoms with Gasteiger partial charge in [-0.3, -0.25) is 9.59 Å². The van der Waals surface area contributed by atoms with Crippen LogP contribution in [0.15, 0.2) is 18.2 Å². The molecule has 0 fully saturated rings. The number of Topliss-reactive ketones (excluding diaryl/α,β-unsaturated/α-hetero) is 1. The summed E-state index contributed by atoms with van der Waals surface area (Å²) in [6, 6.07) is 4.44. The number of ketones is 1. The zero-order valence-corrected chi connectivity index (χ0v) is 10.8. The lowest BCUT2D eigenvalue weighted by atomic mass is 10.1. The van der Waals surface area contributed by atoms with Gasteiger partial charge in [-0.1, -0.05) is 0 Å². The number of hydrogen-bond donors (Lipinski definition) is 1. The van der Waals surface area contributed by atoms with Crippen molar-refractivity contribution >= 4 is 17.4 Å². The Hall–Kier alpha value is -2.09. The van der Waals surface area contributed by atoms with E-state index in [1.165, 1.54) is 18.2 Å². The van der Waals surface area contributed by atoms with Gasteiger partial charge in [-0.15, -0.1) is 0 Å². The molecule has 1 aromatic rings. The third kappa shape index (κ3) is 4.45. The van der Waals surface area contributed by atoms with Crippen molar-refractivity contribution in [1.29, 1.82) is 0 Å². The monoisotopic (exact) mass is 303 g/mol. The smallest absolute Gasteiger partial charge is 0.411 e. The molecular formula is C13H12F3NO4. The van der Waals surface area contributed by atoms with Crippen molar-refractivity contribution in [3.8, 4) is 5.75 Å². The van der Waals surface area contributed by atoms with Gasteiger partial charge in [0.1, 0.15) is 12.4 Å².